The standard InChI is InChI=1S/C23H24F3N3O4/c1-4-28(20(30)13-33-3)12-15-9-16(23(24,25)26)5-6-18(15)19-10-17(11-21(31)32)29-8-7-14(2)27-22(19)29/h5-10H,4,11-13H2,1-3H3,(H,31,32). The van der Waals surface area contributed by atoms with Gasteiger partial charge in [-0.1, -0.05) is 6.07 Å². The first-order valence-electron chi connectivity index (χ1n) is 10.2. The monoisotopic (exact) mass is 463 g/mol. The summed E-state index contributed by atoms with van der Waals surface area (Å²) in [7, 11) is 1.37. The van der Waals surface area contributed by atoms with Crippen LogP contribution in [-0.2, 0) is 33.5 Å². The van der Waals surface area contributed by atoms with Gasteiger partial charge in [0.15, 0.2) is 0 Å². The van der Waals surface area contributed by atoms with Gasteiger partial charge in [0.25, 0.3) is 0 Å². The van der Waals surface area contributed by atoms with Crippen LogP contribution in [0.5, 0.6) is 0 Å². The Morgan fingerprint density at radius 3 is 2.52 bits per heavy atom. The highest BCUT2D eigenvalue weighted by Gasteiger charge is 2.32. The Balaban J connectivity index is 2.22. The zero-order valence-electron chi connectivity index (χ0n) is 18.4. The Morgan fingerprint density at radius 2 is 1.91 bits per heavy atom. The van der Waals surface area contributed by atoms with E-state index >= 15 is 0 Å². The number of rotatable bonds is 8. The number of hydrogen-bond donors (Lipinski definition) is 1. The molecule has 33 heavy (non-hydrogen) atoms. The van der Waals surface area contributed by atoms with Gasteiger partial charge in [-0.3, -0.25) is 9.59 Å². The molecule has 0 saturated carbocycles. The number of alkyl halides is 3. The molecular weight excluding hydrogens is 439 g/mol. The first kappa shape index (κ1) is 24.2. The molecule has 0 aliphatic rings. The lowest BCUT2D eigenvalue weighted by Gasteiger charge is -2.23. The number of fused-ring (bicyclic) bond motifs is 1. The maximum atomic E-state index is 13.5. The molecule has 1 aromatic carbocycles. The van der Waals surface area contributed by atoms with Crippen molar-refractivity contribution in [3.8, 4) is 11.1 Å². The first-order chi connectivity index (χ1) is 15.5. The van der Waals surface area contributed by atoms with Gasteiger partial charge in [-0.05, 0) is 49.2 Å². The number of methoxy groups -OCH3 is 1. The van der Waals surface area contributed by atoms with Crippen molar-refractivity contribution in [2.75, 3.05) is 20.3 Å². The molecule has 1 amide bonds. The number of aryl methyl sites for hydroxylation is 1. The van der Waals surface area contributed by atoms with Crippen LogP contribution in [0.15, 0.2) is 36.5 Å². The number of aliphatic carboxylic acids is 1. The Morgan fingerprint density at radius 1 is 1.18 bits per heavy atom. The van der Waals surface area contributed by atoms with Crippen LogP contribution >= 0.6 is 0 Å². The molecule has 176 valence electrons. The topological polar surface area (TPSA) is 84.1 Å². The molecule has 10 heteroatoms. The molecule has 0 aliphatic carbocycles. The number of nitrogens with zero attached hydrogens (tertiary/aromatic N) is 3. The van der Waals surface area contributed by atoms with Gasteiger partial charge in [0.2, 0.25) is 5.91 Å². The third-order valence-corrected chi connectivity index (χ3v) is 5.26. The lowest BCUT2D eigenvalue weighted by Crippen LogP contribution is -2.33. The minimum absolute atomic E-state index is 0.0740. The van der Waals surface area contributed by atoms with Crippen molar-refractivity contribution in [3.63, 3.8) is 0 Å². The van der Waals surface area contributed by atoms with E-state index in [1.807, 2.05) is 0 Å². The average molecular weight is 463 g/mol. The summed E-state index contributed by atoms with van der Waals surface area (Å²) in [6.07, 6.45) is -3.16. The maximum Gasteiger partial charge on any atom is 0.416 e. The summed E-state index contributed by atoms with van der Waals surface area (Å²) >= 11 is 0. The molecule has 0 unspecified atom stereocenters. The third kappa shape index (κ3) is 5.33. The molecule has 0 bridgehead atoms. The van der Waals surface area contributed by atoms with Gasteiger partial charge in [-0.15, -0.1) is 0 Å². The molecule has 0 saturated heterocycles. The number of hydrogen-bond acceptors (Lipinski definition) is 4. The molecule has 0 atom stereocenters. The van der Waals surface area contributed by atoms with Crippen LogP contribution in [0.1, 0.15) is 29.4 Å². The second-order valence-corrected chi connectivity index (χ2v) is 7.59. The zero-order valence-corrected chi connectivity index (χ0v) is 18.4. The number of carboxylic acid groups (broad SMARTS) is 1. The van der Waals surface area contributed by atoms with Crippen molar-refractivity contribution in [2.45, 2.75) is 33.0 Å². The second kappa shape index (κ2) is 9.62. The number of carboxylic acids is 1. The largest absolute Gasteiger partial charge is 0.481 e. The van der Waals surface area contributed by atoms with Gasteiger partial charge in [0, 0.05) is 43.3 Å². The predicted octanol–water partition coefficient (Wildman–Crippen LogP) is 3.95. The zero-order chi connectivity index (χ0) is 24.3. The van der Waals surface area contributed by atoms with Crippen LogP contribution in [0, 0.1) is 6.92 Å². The fourth-order valence-corrected chi connectivity index (χ4v) is 3.68. The number of aromatic nitrogens is 2. The van der Waals surface area contributed by atoms with E-state index in [9.17, 15) is 27.9 Å². The Hall–Kier alpha value is -3.40. The molecule has 0 radical (unpaired) electrons. The SMILES string of the molecule is CCN(Cc1cc(C(F)(F)F)ccc1-c1cc(CC(=O)O)n2ccc(C)nc12)C(=O)COC. The van der Waals surface area contributed by atoms with E-state index in [4.69, 9.17) is 4.74 Å². The van der Waals surface area contributed by atoms with Crippen molar-refractivity contribution >= 4 is 17.5 Å². The van der Waals surface area contributed by atoms with E-state index in [0.29, 0.717) is 28.2 Å². The van der Waals surface area contributed by atoms with Crippen LogP contribution in [0.4, 0.5) is 13.2 Å². The number of ether oxygens (including phenoxy) is 1. The number of amides is 1. The summed E-state index contributed by atoms with van der Waals surface area (Å²) in [6, 6.07) is 6.68. The molecule has 7 nitrogen and oxygen atoms in total. The Bertz CT molecular complexity index is 1190. The quantitative estimate of drug-likeness (QED) is 0.547. The Labute approximate surface area is 188 Å². The highest BCUT2D eigenvalue weighted by molar-refractivity contribution is 5.84. The van der Waals surface area contributed by atoms with Crippen molar-refractivity contribution in [3.05, 3.63) is 59.0 Å². The number of halogens is 3. The average Bonchev–Trinajstić information content (AvgIpc) is 3.07. The van der Waals surface area contributed by atoms with E-state index in [-0.39, 0.29) is 37.6 Å². The molecule has 2 heterocycles. The highest BCUT2D eigenvalue weighted by Crippen LogP contribution is 2.36. The molecule has 1 N–H and O–H groups in total. The van der Waals surface area contributed by atoms with Crippen LogP contribution in [0.2, 0.25) is 0 Å². The summed E-state index contributed by atoms with van der Waals surface area (Å²) in [4.78, 5) is 29.6. The number of carbonyl (C=O) groups excluding carboxylic acids is 1. The molecule has 0 spiro atoms. The van der Waals surface area contributed by atoms with Crippen LogP contribution in [0.3, 0.4) is 0 Å². The maximum absolute atomic E-state index is 13.5. The van der Waals surface area contributed by atoms with E-state index in [2.05, 4.69) is 4.98 Å². The van der Waals surface area contributed by atoms with Gasteiger partial charge in [0.05, 0.1) is 12.0 Å². The van der Waals surface area contributed by atoms with Crippen molar-refractivity contribution in [1.29, 1.82) is 0 Å². The lowest BCUT2D eigenvalue weighted by atomic mass is 9.97. The summed E-state index contributed by atoms with van der Waals surface area (Å²) < 4.78 is 46.9. The summed E-state index contributed by atoms with van der Waals surface area (Å²) in [5, 5.41) is 9.29. The lowest BCUT2D eigenvalue weighted by molar-refractivity contribution is -0.138. The van der Waals surface area contributed by atoms with Crippen LogP contribution in [0.25, 0.3) is 16.8 Å². The molecule has 3 rings (SSSR count). The molecule has 0 aliphatic heterocycles. The Kier molecular flexibility index (Phi) is 7.06. The number of benzene rings is 1. The summed E-state index contributed by atoms with van der Waals surface area (Å²) in [6.45, 7) is 3.50. The van der Waals surface area contributed by atoms with E-state index in [0.717, 1.165) is 12.1 Å². The van der Waals surface area contributed by atoms with E-state index in [1.54, 1.807) is 36.6 Å². The highest BCUT2D eigenvalue weighted by atomic mass is 19.4. The number of carbonyl (C=O) groups is 2. The molecule has 0 fully saturated rings. The van der Waals surface area contributed by atoms with Gasteiger partial charge in [-0.25, -0.2) is 4.98 Å². The van der Waals surface area contributed by atoms with Gasteiger partial charge < -0.3 is 19.1 Å². The minimum Gasteiger partial charge on any atom is -0.481 e. The van der Waals surface area contributed by atoms with Crippen LogP contribution in [-0.4, -0.2) is 51.5 Å². The first-order valence-corrected chi connectivity index (χ1v) is 10.2. The van der Waals surface area contributed by atoms with Crippen LogP contribution < -0.4 is 0 Å². The van der Waals surface area contributed by atoms with E-state index in [1.165, 1.54) is 18.1 Å². The second-order valence-electron chi connectivity index (χ2n) is 7.59. The van der Waals surface area contributed by atoms with Gasteiger partial charge >= 0.3 is 12.1 Å². The van der Waals surface area contributed by atoms with Crippen molar-refractivity contribution in [1.82, 2.24) is 14.3 Å². The van der Waals surface area contributed by atoms with Crippen molar-refractivity contribution in [2.24, 2.45) is 0 Å². The normalized spacial score (nSPS) is 11.7. The molecule has 3 aromatic rings. The van der Waals surface area contributed by atoms with Crippen molar-refractivity contribution < 1.29 is 32.6 Å². The molecular formula is C23H24F3N3O4. The fraction of sp³-hybridized carbons (Fsp3) is 0.348. The van der Waals surface area contributed by atoms with E-state index < -0.39 is 17.7 Å². The van der Waals surface area contributed by atoms with Gasteiger partial charge in [0.1, 0.15) is 12.3 Å². The van der Waals surface area contributed by atoms with Gasteiger partial charge in [-0.2, -0.15) is 13.2 Å². The molecule has 2 aromatic heterocycles. The third-order valence-electron chi connectivity index (χ3n) is 5.26. The fourth-order valence-electron chi connectivity index (χ4n) is 3.68. The minimum atomic E-state index is -4.56. The predicted molar refractivity (Wildman–Crippen MR) is 115 cm³/mol. The number of likely N-dealkylation sites (N-methyl/N-ethyl adjacent to an activating group) is 1. The summed E-state index contributed by atoms with van der Waals surface area (Å²) in [5.41, 5.74) is 1.91. The summed E-state index contributed by atoms with van der Waals surface area (Å²) in [5.74, 6) is -1.40. The smallest absolute Gasteiger partial charge is 0.416 e.